The van der Waals surface area contributed by atoms with Crippen molar-refractivity contribution in [1.29, 1.82) is 0 Å². The number of thiophene rings is 1. The van der Waals surface area contributed by atoms with E-state index in [1.807, 2.05) is 92.7 Å². The van der Waals surface area contributed by atoms with Gasteiger partial charge in [0, 0.05) is 34.1 Å². The lowest BCUT2D eigenvalue weighted by Gasteiger charge is -2.49. The second-order valence-electron chi connectivity index (χ2n) is 16.1. The average Bonchev–Trinajstić information content (AvgIpc) is 3.88. The van der Waals surface area contributed by atoms with Gasteiger partial charge in [-0.05, 0) is 103 Å². The first-order valence-electron chi connectivity index (χ1n) is 19.4. The molecule has 4 amide bonds. The van der Waals surface area contributed by atoms with E-state index in [1.54, 1.807) is 29.1 Å². The van der Waals surface area contributed by atoms with Crippen LogP contribution in [-0.4, -0.2) is 38.5 Å². The number of nitrogens with zero attached hydrogens (tertiary/aromatic N) is 4. The Morgan fingerprint density at radius 1 is 0.877 bits per heavy atom. The molecule has 6 aromatic rings. The summed E-state index contributed by atoms with van der Waals surface area (Å²) in [6.07, 6.45) is 3.47. The molecule has 6 atom stereocenters. The van der Waals surface area contributed by atoms with Gasteiger partial charge in [0.05, 0.1) is 33.7 Å². The topological polar surface area (TPSA) is 113 Å². The van der Waals surface area contributed by atoms with Crippen molar-refractivity contribution >= 4 is 78.9 Å². The van der Waals surface area contributed by atoms with E-state index in [0.29, 0.717) is 34.0 Å². The minimum Gasteiger partial charge on any atom is -0.507 e. The standard InChI is InChI=1S/C46H39ClN4O5S/c1-5-24-10-13-26(14-11-24)50-42(53)31-16-15-30-33(39(31)44(50)55)21-34-43(54)51(38-22-35(48-49(38)4)41-23(2)32-20-25(47)12-19-37(32)57-41)45(56)46(34,3)40(30)29-17-18-36(52)28-9-7-6-8-27(28)29/h6-15,17-20,22,31,33-34,39-40,52H,5,16,21H2,1-4H3/t31-,33+,34-,39-,40-,46+/m0/s1. The van der Waals surface area contributed by atoms with Crippen LogP contribution < -0.4 is 9.80 Å². The van der Waals surface area contributed by atoms with Gasteiger partial charge in [-0.25, -0.2) is 4.90 Å². The maximum Gasteiger partial charge on any atom is 0.242 e. The first-order valence-corrected chi connectivity index (χ1v) is 20.6. The summed E-state index contributed by atoms with van der Waals surface area (Å²) in [5.74, 6) is -3.91. The van der Waals surface area contributed by atoms with Crippen molar-refractivity contribution in [2.75, 3.05) is 9.80 Å². The van der Waals surface area contributed by atoms with Crippen molar-refractivity contribution in [2.24, 2.45) is 36.1 Å². The van der Waals surface area contributed by atoms with Gasteiger partial charge in [0.25, 0.3) is 0 Å². The SMILES string of the molecule is CCc1ccc(N2C(=O)[C@H]3[C@H](CC=C4[C@H]3C[C@H]3C(=O)N(c5cc(-c6sc7ccc(Cl)cc7c6C)nn5C)C(=O)[C@@]3(C)[C@H]4c3ccc(O)c4ccccc34)C2=O)cc1. The number of aromatic hydroxyl groups is 1. The highest BCUT2D eigenvalue weighted by Gasteiger charge is 2.68. The van der Waals surface area contributed by atoms with Gasteiger partial charge < -0.3 is 5.11 Å². The number of hydrogen-bond acceptors (Lipinski definition) is 7. The average molecular weight is 795 g/mol. The van der Waals surface area contributed by atoms with E-state index in [9.17, 15) is 14.7 Å². The number of fused-ring (bicyclic) bond motifs is 6. The monoisotopic (exact) mass is 794 g/mol. The van der Waals surface area contributed by atoms with Crippen LogP contribution in [0.25, 0.3) is 31.4 Å². The zero-order valence-corrected chi connectivity index (χ0v) is 33.4. The Kier molecular flexibility index (Phi) is 7.99. The van der Waals surface area contributed by atoms with Gasteiger partial charge >= 0.3 is 0 Å². The van der Waals surface area contributed by atoms with Crippen LogP contribution in [0, 0.1) is 36.0 Å². The summed E-state index contributed by atoms with van der Waals surface area (Å²) in [4.78, 5) is 62.8. The Bertz CT molecular complexity index is 2790. The number of aromatic nitrogens is 2. The first-order chi connectivity index (χ1) is 27.4. The number of amides is 4. The number of rotatable bonds is 5. The van der Waals surface area contributed by atoms with E-state index >= 15 is 9.59 Å². The van der Waals surface area contributed by atoms with Crippen LogP contribution in [0.3, 0.4) is 0 Å². The molecular formula is C46H39ClN4O5S. The highest BCUT2D eigenvalue weighted by Crippen LogP contribution is 2.64. The quantitative estimate of drug-likeness (QED) is 0.138. The molecular weight excluding hydrogens is 756 g/mol. The summed E-state index contributed by atoms with van der Waals surface area (Å²) in [5, 5.41) is 18.9. The van der Waals surface area contributed by atoms with Crippen LogP contribution in [0.1, 0.15) is 49.3 Å². The summed E-state index contributed by atoms with van der Waals surface area (Å²) in [6, 6.07) is 26.1. The summed E-state index contributed by atoms with van der Waals surface area (Å²) in [5.41, 5.74) is 3.73. The molecule has 0 spiro atoms. The van der Waals surface area contributed by atoms with E-state index < -0.39 is 35.0 Å². The number of aryl methyl sites for hydroxylation is 3. The lowest BCUT2D eigenvalue weighted by Crippen LogP contribution is -2.49. The van der Waals surface area contributed by atoms with Gasteiger partial charge in [0.15, 0.2) is 0 Å². The highest BCUT2D eigenvalue weighted by atomic mass is 35.5. The molecule has 4 aromatic carbocycles. The fourth-order valence-electron chi connectivity index (χ4n) is 10.5. The number of benzene rings is 4. The van der Waals surface area contributed by atoms with E-state index in [0.717, 1.165) is 49.0 Å². The number of anilines is 2. The molecule has 2 aliphatic carbocycles. The van der Waals surface area contributed by atoms with Crippen LogP contribution >= 0.6 is 22.9 Å². The lowest BCUT2D eigenvalue weighted by molar-refractivity contribution is -0.131. The smallest absolute Gasteiger partial charge is 0.242 e. The fourth-order valence-corrected chi connectivity index (χ4v) is 11.8. The third-order valence-corrected chi connectivity index (χ3v) is 14.9. The molecule has 4 aliphatic rings. The molecule has 0 bridgehead atoms. The molecule has 57 heavy (non-hydrogen) atoms. The van der Waals surface area contributed by atoms with Crippen molar-refractivity contribution in [3.05, 3.63) is 118 Å². The van der Waals surface area contributed by atoms with Gasteiger partial charge in [-0.3, -0.25) is 28.8 Å². The molecule has 11 heteroatoms. The lowest BCUT2D eigenvalue weighted by atomic mass is 9.51. The number of phenols is 1. The second kappa shape index (κ2) is 12.7. The normalized spacial score (nSPS) is 25.7. The number of phenolic OH excluding ortho intramolecular Hbond substituents is 1. The zero-order chi connectivity index (χ0) is 39.7. The van der Waals surface area contributed by atoms with Crippen molar-refractivity contribution in [1.82, 2.24) is 9.78 Å². The molecule has 286 valence electrons. The van der Waals surface area contributed by atoms with Crippen LogP contribution in [-0.2, 0) is 32.6 Å². The van der Waals surface area contributed by atoms with Crippen LogP contribution in [0.15, 0.2) is 96.6 Å². The van der Waals surface area contributed by atoms with E-state index in [4.69, 9.17) is 16.7 Å². The fraction of sp³-hybridized carbons (Fsp3) is 0.283. The first kappa shape index (κ1) is 35.8. The molecule has 4 heterocycles. The number of halogens is 1. The Hall–Kier alpha value is -5.58. The van der Waals surface area contributed by atoms with Crippen LogP contribution in [0.5, 0.6) is 5.75 Å². The molecule has 2 saturated heterocycles. The molecule has 10 rings (SSSR count). The zero-order valence-electron chi connectivity index (χ0n) is 31.8. The summed E-state index contributed by atoms with van der Waals surface area (Å²) in [6.45, 7) is 5.96. The summed E-state index contributed by atoms with van der Waals surface area (Å²) >= 11 is 7.93. The molecule has 1 N–H and O–H groups in total. The Balaban J connectivity index is 1.11. The molecule has 1 saturated carbocycles. The minimum absolute atomic E-state index is 0.110. The summed E-state index contributed by atoms with van der Waals surface area (Å²) in [7, 11) is 1.74. The van der Waals surface area contributed by atoms with E-state index in [2.05, 4.69) is 13.0 Å². The van der Waals surface area contributed by atoms with Crippen LogP contribution in [0.4, 0.5) is 11.5 Å². The number of hydrogen-bond donors (Lipinski definition) is 1. The van der Waals surface area contributed by atoms with Gasteiger partial charge in [0.1, 0.15) is 17.3 Å². The van der Waals surface area contributed by atoms with Crippen molar-refractivity contribution < 1.29 is 24.3 Å². The van der Waals surface area contributed by atoms with Crippen molar-refractivity contribution in [2.45, 2.75) is 46.0 Å². The Morgan fingerprint density at radius 3 is 2.39 bits per heavy atom. The molecule has 3 fully saturated rings. The molecule has 2 aliphatic heterocycles. The maximum atomic E-state index is 15.4. The third-order valence-electron chi connectivity index (χ3n) is 13.3. The van der Waals surface area contributed by atoms with Crippen molar-refractivity contribution in [3.63, 3.8) is 0 Å². The van der Waals surface area contributed by atoms with E-state index in [-0.39, 0.29) is 35.8 Å². The molecule has 9 nitrogen and oxygen atoms in total. The van der Waals surface area contributed by atoms with Crippen LogP contribution in [0.2, 0.25) is 5.02 Å². The minimum atomic E-state index is -1.26. The number of carbonyl (C=O) groups excluding carboxylic acids is 4. The number of imide groups is 2. The third kappa shape index (κ3) is 4.96. The Morgan fingerprint density at radius 2 is 1.63 bits per heavy atom. The number of allylic oxidation sites excluding steroid dienone is 2. The molecule has 0 radical (unpaired) electrons. The van der Waals surface area contributed by atoms with Gasteiger partial charge in [-0.2, -0.15) is 5.10 Å². The largest absolute Gasteiger partial charge is 0.507 e. The predicted octanol–water partition coefficient (Wildman–Crippen LogP) is 9.12. The maximum absolute atomic E-state index is 15.4. The van der Waals surface area contributed by atoms with Gasteiger partial charge in [0.2, 0.25) is 23.6 Å². The van der Waals surface area contributed by atoms with E-state index in [1.165, 1.54) is 9.80 Å². The Labute approximate surface area is 338 Å². The summed E-state index contributed by atoms with van der Waals surface area (Å²) < 4.78 is 2.65. The number of carbonyl (C=O) groups is 4. The molecule has 0 unspecified atom stereocenters. The second-order valence-corrected chi connectivity index (χ2v) is 17.6. The van der Waals surface area contributed by atoms with Gasteiger partial charge in [-0.1, -0.05) is 72.6 Å². The van der Waals surface area contributed by atoms with Gasteiger partial charge in [-0.15, -0.1) is 11.3 Å². The predicted molar refractivity (Wildman–Crippen MR) is 222 cm³/mol. The van der Waals surface area contributed by atoms with Crippen molar-refractivity contribution in [3.8, 4) is 16.3 Å². The highest BCUT2D eigenvalue weighted by molar-refractivity contribution is 7.22. The molecule has 2 aromatic heterocycles.